The van der Waals surface area contributed by atoms with Crippen LogP contribution in [0.4, 0.5) is 0 Å². The number of benzene rings is 3. The highest BCUT2D eigenvalue weighted by atomic mass is 16.5. The summed E-state index contributed by atoms with van der Waals surface area (Å²) in [4.78, 5) is 12.4. The van der Waals surface area contributed by atoms with Gasteiger partial charge in [-0.1, -0.05) is 54.6 Å². The Bertz CT molecular complexity index is 1010. The van der Waals surface area contributed by atoms with Crippen molar-refractivity contribution in [2.45, 2.75) is 19.8 Å². The van der Waals surface area contributed by atoms with Crippen molar-refractivity contribution >= 4 is 12.0 Å². The smallest absolute Gasteiger partial charge is 0.244 e. The third kappa shape index (κ3) is 6.73. The molecule has 0 heterocycles. The summed E-state index contributed by atoms with van der Waals surface area (Å²) in [6, 6.07) is 23.4. The fraction of sp³-hybridized carbons (Fsp3) is 0.192. The van der Waals surface area contributed by atoms with Gasteiger partial charge in [0.2, 0.25) is 5.91 Å². The Morgan fingerprint density at radius 2 is 1.61 bits per heavy atom. The normalized spacial score (nSPS) is 10.8. The van der Waals surface area contributed by atoms with Gasteiger partial charge in [0.15, 0.2) is 0 Å². The molecule has 31 heavy (non-hydrogen) atoms. The maximum absolute atomic E-state index is 12.4. The molecule has 5 heteroatoms. The fourth-order valence-electron chi connectivity index (χ4n) is 3.10. The van der Waals surface area contributed by atoms with Gasteiger partial charge in [0.1, 0.15) is 11.5 Å². The maximum atomic E-state index is 12.4. The summed E-state index contributed by atoms with van der Waals surface area (Å²) in [5.41, 5.74) is 3.98. The zero-order chi connectivity index (χ0) is 21.9. The van der Waals surface area contributed by atoms with E-state index in [1.54, 1.807) is 20.3 Å². The van der Waals surface area contributed by atoms with Crippen LogP contribution in [-0.2, 0) is 29.3 Å². The lowest BCUT2D eigenvalue weighted by Crippen LogP contribution is -2.21. The fourth-order valence-corrected chi connectivity index (χ4v) is 3.10. The highest BCUT2D eigenvalue weighted by Gasteiger charge is 2.06. The van der Waals surface area contributed by atoms with Gasteiger partial charge in [0.05, 0.1) is 27.4 Å². The van der Waals surface area contributed by atoms with Gasteiger partial charge in [-0.15, -0.1) is 0 Å². The second-order valence-electron chi connectivity index (χ2n) is 6.91. The first-order valence-electron chi connectivity index (χ1n) is 10.1. The number of amides is 1. The van der Waals surface area contributed by atoms with E-state index in [1.165, 1.54) is 6.08 Å². The van der Waals surface area contributed by atoms with Crippen LogP contribution < -0.4 is 14.8 Å². The van der Waals surface area contributed by atoms with Gasteiger partial charge in [0, 0.05) is 18.2 Å². The van der Waals surface area contributed by atoms with E-state index in [9.17, 15) is 4.79 Å². The molecule has 0 unspecified atom stereocenters. The molecule has 160 valence electrons. The zero-order valence-electron chi connectivity index (χ0n) is 17.8. The summed E-state index contributed by atoms with van der Waals surface area (Å²) in [5.74, 6) is 1.18. The first-order chi connectivity index (χ1) is 15.2. The Hall–Kier alpha value is -3.57. The lowest BCUT2D eigenvalue weighted by Gasteiger charge is -2.11. The maximum Gasteiger partial charge on any atom is 0.244 e. The first-order valence-corrected chi connectivity index (χ1v) is 10.1. The van der Waals surface area contributed by atoms with E-state index in [-0.39, 0.29) is 5.91 Å². The van der Waals surface area contributed by atoms with Crippen LogP contribution in [0.3, 0.4) is 0 Å². The third-order valence-corrected chi connectivity index (χ3v) is 4.79. The van der Waals surface area contributed by atoms with Crippen molar-refractivity contribution in [1.82, 2.24) is 5.32 Å². The largest absolute Gasteiger partial charge is 0.497 e. The Morgan fingerprint density at radius 1 is 0.871 bits per heavy atom. The molecule has 0 atom stereocenters. The lowest BCUT2D eigenvalue weighted by molar-refractivity contribution is -0.116. The molecule has 3 aromatic rings. The second-order valence-corrected chi connectivity index (χ2v) is 6.91. The minimum absolute atomic E-state index is 0.190. The predicted octanol–water partition coefficient (Wildman–Crippen LogP) is 4.75. The Morgan fingerprint density at radius 3 is 2.35 bits per heavy atom. The number of carbonyl (C=O) groups is 1. The van der Waals surface area contributed by atoms with E-state index in [0.717, 1.165) is 22.3 Å². The summed E-state index contributed by atoms with van der Waals surface area (Å²) in [5, 5.41) is 2.93. The van der Waals surface area contributed by atoms with Crippen LogP contribution in [0.25, 0.3) is 6.08 Å². The molecule has 1 amide bonds. The van der Waals surface area contributed by atoms with E-state index < -0.39 is 0 Å². The zero-order valence-corrected chi connectivity index (χ0v) is 17.8. The van der Waals surface area contributed by atoms with Gasteiger partial charge < -0.3 is 19.5 Å². The lowest BCUT2D eigenvalue weighted by atomic mass is 10.1. The molecule has 0 bridgehead atoms. The van der Waals surface area contributed by atoms with E-state index in [4.69, 9.17) is 14.2 Å². The number of methoxy groups -OCH3 is 2. The van der Waals surface area contributed by atoms with Crippen molar-refractivity contribution in [2.24, 2.45) is 0 Å². The van der Waals surface area contributed by atoms with Crippen LogP contribution in [-0.4, -0.2) is 20.1 Å². The minimum Gasteiger partial charge on any atom is -0.497 e. The number of carbonyl (C=O) groups excluding carboxylic acids is 1. The standard InChI is InChI=1S/C26H27NO4/c1-29-24-13-14-25(30-2)21(16-24)12-15-26(28)27-17-22-10-6-7-11-23(22)19-31-18-20-8-4-3-5-9-20/h3-16H,17-19H2,1-2H3,(H,27,28)/b15-12+. The van der Waals surface area contributed by atoms with Crippen molar-refractivity contribution in [1.29, 1.82) is 0 Å². The number of nitrogens with one attached hydrogen (secondary N) is 1. The Kier molecular flexibility index (Phi) is 8.26. The number of rotatable bonds is 10. The first kappa shape index (κ1) is 22.1. The molecule has 0 radical (unpaired) electrons. The summed E-state index contributed by atoms with van der Waals surface area (Å²) >= 11 is 0. The predicted molar refractivity (Wildman–Crippen MR) is 122 cm³/mol. The molecule has 5 nitrogen and oxygen atoms in total. The molecule has 0 aliphatic rings. The molecule has 0 aromatic heterocycles. The monoisotopic (exact) mass is 417 g/mol. The molecular formula is C26H27NO4. The summed E-state index contributed by atoms with van der Waals surface area (Å²) in [7, 11) is 3.19. The Labute approximate surface area is 183 Å². The van der Waals surface area contributed by atoms with Gasteiger partial charge in [0.25, 0.3) is 0 Å². The molecule has 0 spiro atoms. The Balaban J connectivity index is 1.56. The van der Waals surface area contributed by atoms with Crippen LogP contribution in [0.1, 0.15) is 22.3 Å². The number of hydrogen-bond acceptors (Lipinski definition) is 4. The van der Waals surface area contributed by atoms with Gasteiger partial charge in [-0.25, -0.2) is 0 Å². The molecule has 0 saturated heterocycles. The molecule has 0 aliphatic heterocycles. The van der Waals surface area contributed by atoms with Crippen LogP contribution in [0, 0.1) is 0 Å². The summed E-state index contributed by atoms with van der Waals surface area (Å²) < 4.78 is 16.4. The molecule has 0 aliphatic carbocycles. The van der Waals surface area contributed by atoms with Gasteiger partial charge in [-0.2, -0.15) is 0 Å². The van der Waals surface area contributed by atoms with Crippen molar-refractivity contribution < 1.29 is 19.0 Å². The number of ether oxygens (including phenoxy) is 3. The SMILES string of the molecule is COc1ccc(OC)c(/C=C/C(=O)NCc2ccccc2COCc2ccccc2)c1. The summed E-state index contributed by atoms with van der Waals surface area (Å²) in [6.45, 7) is 1.45. The molecule has 3 rings (SSSR count). The molecule has 1 N–H and O–H groups in total. The average molecular weight is 418 g/mol. The van der Waals surface area contributed by atoms with Gasteiger partial charge in [-0.3, -0.25) is 4.79 Å². The van der Waals surface area contributed by atoms with Gasteiger partial charge in [-0.05, 0) is 41.0 Å². The van der Waals surface area contributed by atoms with E-state index in [1.807, 2.05) is 72.8 Å². The minimum atomic E-state index is -0.190. The van der Waals surface area contributed by atoms with Crippen LogP contribution in [0.15, 0.2) is 78.9 Å². The van der Waals surface area contributed by atoms with Crippen molar-refractivity contribution in [2.75, 3.05) is 14.2 Å². The summed E-state index contributed by atoms with van der Waals surface area (Å²) in [6.07, 6.45) is 3.21. The van der Waals surface area contributed by atoms with Crippen LogP contribution >= 0.6 is 0 Å². The third-order valence-electron chi connectivity index (χ3n) is 4.79. The van der Waals surface area contributed by atoms with Crippen molar-refractivity contribution in [3.05, 3.63) is 101 Å². The second kappa shape index (κ2) is 11.6. The highest BCUT2D eigenvalue weighted by molar-refractivity contribution is 5.92. The highest BCUT2D eigenvalue weighted by Crippen LogP contribution is 2.25. The molecular weight excluding hydrogens is 390 g/mol. The van der Waals surface area contributed by atoms with Gasteiger partial charge >= 0.3 is 0 Å². The van der Waals surface area contributed by atoms with E-state index >= 15 is 0 Å². The van der Waals surface area contributed by atoms with Crippen LogP contribution in [0.2, 0.25) is 0 Å². The quantitative estimate of drug-likeness (QED) is 0.484. The van der Waals surface area contributed by atoms with E-state index in [0.29, 0.717) is 31.3 Å². The van der Waals surface area contributed by atoms with Crippen molar-refractivity contribution in [3.8, 4) is 11.5 Å². The topological polar surface area (TPSA) is 56.8 Å². The van der Waals surface area contributed by atoms with Crippen molar-refractivity contribution in [3.63, 3.8) is 0 Å². The van der Waals surface area contributed by atoms with E-state index in [2.05, 4.69) is 5.32 Å². The average Bonchev–Trinajstić information content (AvgIpc) is 2.82. The van der Waals surface area contributed by atoms with Crippen LogP contribution in [0.5, 0.6) is 11.5 Å². The molecule has 0 saturated carbocycles. The molecule has 0 fully saturated rings. The molecule has 3 aromatic carbocycles. The number of hydrogen-bond donors (Lipinski definition) is 1.